The van der Waals surface area contributed by atoms with Gasteiger partial charge in [-0.05, 0) is 24.3 Å². The highest BCUT2D eigenvalue weighted by Crippen LogP contribution is 2.41. The number of H-pyrrole nitrogens is 1. The van der Waals surface area contributed by atoms with Gasteiger partial charge in [-0.1, -0.05) is 41.9 Å². The van der Waals surface area contributed by atoms with Gasteiger partial charge in [0, 0.05) is 40.7 Å². The molecule has 2 N–H and O–H groups in total. The molecule has 0 aliphatic carbocycles. The van der Waals surface area contributed by atoms with E-state index in [1.807, 2.05) is 36.4 Å². The molecule has 0 saturated heterocycles. The van der Waals surface area contributed by atoms with Crippen molar-refractivity contribution in [1.82, 2.24) is 14.9 Å². The second kappa shape index (κ2) is 9.18. The van der Waals surface area contributed by atoms with E-state index in [2.05, 4.69) is 10.3 Å². The van der Waals surface area contributed by atoms with Crippen molar-refractivity contribution >= 4 is 39.5 Å². The van der Waals surface area contributed by atoms with Gasteiger partial charge >= 0.3 is 11.1 Å². The summed E-state index contributed by atoms with van der Waals surface area (Å²) in [6.07, 6.45) is 0.0392. The molecule has 0 radical (unpaired) electrons. The Morgan fingerprint density at radius 3 is 2.62 bits per heavy atom. The van der Waals surface area contributed by atoms with Crippen molar-refractivity contribution < 1.29 is 18.7 Å². The number of hydrogen-bond donors (Lipinski definition) is 2. The number of hydrogen-bond acceptors (Lipinski definition) is 6. The molecule has 1 aliphatic heterocycles. The van der Waals surface area contributed by atoms with Gasteiger partial charge in [0.05, 0.1) is 17.5 Å². The monoisotopic (exact) mass is 517 g/mol. The molecule has 37 heavy (non-hydrogen) atoms. The smallest absolute Gasteiger partial charge is 0.316 e. The number of furan rings is 1. The van der Waals surface area contributed by atoms with Gasteiger partial charge in [0.15, 0.2) is 11.5 Å². The number of carbonyl (C=O) groups excluding carboxylic acids is 1. The van der Waals surface area contributed by atoms with Crippen LogP contribution in [0.15, 0.2) is 74.7 Å². The minimum atomic E-state index is -0.753. The highest BCUT2D eigenvalue weighted by Gasteiger charge is 2.23. The van der Waals surface area contributed by atoms with Crippen LogP contribution in [0.4, 0.5) is 0 Å². The molecule has 6 rings (SSSR count). The van der Waals surface area contributed by atoms with Crippen LogP contribution in [0.5, 0.6) is 11.5 Å². The SMILES string of the molecule is O=C(Cc1c(-c2ccccc2)oc2cc3c(cc12)OCO3)NCCn1c(=O)c(=O)[nH]c2cc(Cl)ccc21. The fourth-order valence-corrected chi connectivity index (χ4v) is 4.71. The third kappa shape index (κ3) is 4.23. The molecule has 1 amide bonds. The van der Waals surface area contributed by atoms with E-state index in [0.29, 0.717) is 44.5 Å². The minimum absolute atomic E-state index is 0.0392. The molecule has 3 aromatic carbocycles. The summed E-state index contributed by atoms with van der Waals surface area (Å²) in [5, 5.41) is 4.05. The maximum absolute atomic E-state index is 13.0. The van der Waals surface area contributed by atoms with Crippen molar-refractivity contribution in [3.05, 3.63) is 92.0 Å². The van der Waals surface area contributed by atoms with Crippen molar-refractivity contribution in [2.24, 2.45) is 0 Å². The quantitative estimate of drug-likeness (QED) is 0.331. The lowest BCUT2D eigenvalue weighted by Gasteiger charge is -2.11. The van der Waals surface area contributed by atoms with E-state index in [4.69, 9.17) is 25.5 Å². The van der Waals surface area contributed by atoms with Gasteiger partial charge in [0.25, 0.3) is 0 Å². The molecule has 9 nitrogen and oxygen atoms in total. The number of aromatic amines is 1. The van der Waals surface area contributed by atoms with Crippen LogP contribution in [-0.4, -0.2) is 28.8 Å². The molecule has 2 aromatic heterocycles. The first kappa shape index (κ1) is 22.9. The van der Waals surface area contributed by atoms with Crippen LogP contribution in [-0.2, 0) is 17.8 Å². The molecule has 0 atom stereocenters. The maximum atomic E-state index is 13.0. The fraction of sp³-hybridized carbons (Fsp3) is 0.148. The van der Waals surface area contributed by atoms with Crippen molar-refractivity contribution in [3.8, 4) is 22.8 Å². The molecule has 0 fully saturated rings. The Kier molecular flexibility index (Phi) is 5.69. The second-order valence-corrected chi connectivity index (χ2v) is 9.01. The number of aromatic nitrogens is 2. The number of nitrogens with zero attached hydrogens (tertiary/aromatic N) is 1. The van der Waals surface area contributed by atoms with Crippen LogP contribution >= 0.6 is 11.6 Å². The van der Waals surface area contributed by atoms with Crippen molar-refractivity contribution in [2.75, 3.05) is 13.3 Å². The van der Waals surface area contributed by atoms with E-state index >= 15 is 0 Å². The largest absolute Gasteiger partial charge is 0.456 e. The molecule has 0 saturated carbocycles. The molecule has 0 spiro atoms. The fourth-order valence-electron chi connectivity index (χ4n) is 4.54. The standard InChI is InChI=1S/C27H20ClN3O6/c28-16-6-7-20-19(10-16)30-26(33)27(34)31(20)9-8-29-24(32)12-18-17-11-22-23(36-14-35-22)13-21(17)37-25(18)15-4-2-1-3-5-15/h1-7,10-11,13H,8-9,12,14H2,(H,29,32)(H,30,33). The Balaban J connectivity index is 1.27. The van der Waals surface area contributed by atoms with Crippen molar-refractivity contribution in [2.45, 2.75) is 13.0 Å². The van der Waals surface area contributed by atoms with E-state index in [9.17, 15) is 14.4 Å². The molecular formula is C27H20ClN3O6. The van der Waals surface area contributed by atoms with Crippen LogP contribution < -0.4 is 25.9 Å². The van der Waals surface area contributed by atoms with Gasteiger partial charge in [0.2, 0.25) is 12.7 Å². The summed E-state index contributed by atoms with van der Waals surface area (Å²) < 4.78 is 18.5. The summed E-state index contributed by atoms with van der Waals surface area (Å²) in [6, 6.07) is 18.0. The lowest BCUT2D eigenvalue weighted by atomic mass is 10.0. The number of ether oxygens (including phenoxy) is 2. The summed E-state index contributed by atoms with van der Waals surface area (Å²) >= 11 is 6.02. The predicted molar refractivity (Wildman–Crippen MR) is 138 cm³/mol. The molecule has 0 unspecified atom stereocenters. The first-order chi connectivity index (χ1) is 18.0. The minimum Gasteiger partial charge on any atom is -0.456 e. The zero-order valence-corrected chi connectivity index (χ0v) is 20.1. The van der Waals surface area contributed by atoms with E-state index < -0.39 is 11.1 Å². The van der Waals surface area contributed by atoms with E-state index in [0.717, 1.165) is 10.9 Å². The molecule has 1 aliphatic rings. The highest BCUT2D eigenvalue weighted by atomic mass is 35.5. The van der Waals surface area contributed by atoms with Gasteiger partial charge in [-0.2, -0.15) is 0 Å². The molecule has 5 aromatic rings. The number of halogens is 1. The van der Waals surface area contributed by atoms with E-state index in [-0.39, 0.29) is 32.2 Å². The average molecular weight is 518 g/mol. The van der Waals surface area contributed by atoms with Crippen LogP contribution in [0.3, 0.4) is 0 Å². The summed E-state index contributed by atoms with van der Waals surface area (Å²) in [6.45, 7) is 0.387. The number of carbonyl (C=O) groups is 1. The van der Waals surface area contributed by atoms with Crippen molar-refractivity contribution in [3.63, 3.8) is 0 Å². The zero-order chi connectivity index (χ0) is 25.5. The van der Waals surface area contributed by atoms with Gasteiger partial charge < -0.3 is 28.8 Å². The number of amides is 1. The number of nitrogens with one attached hydrogen (secondary N) is 2. The third-order valence-electron chi connectivity index (χ3n) is 6.25. The first-order valence-electron chi connectivity index (χ1n) is 11.6. The van der Waals surface area contributed by atoms with Gasteiger partial charge in [-0.3, -0.25) is 14.4 Å². The van der Waals surface area contributed by atoms with Gasteiger partial charge in [-0.15, -0.1) is 0 Å². The lowest BCUT2D eigenvalue weighted by Crippen LogP contribution is -2.39. The summed E-state index contributed by atoms with van der Waals surface area (Å²) in [4.78, 5) is 40.2. The Labute approximate surface area is 214 Å². The first-order valence-corrected chi connectivity index (χ1v) is 12.0. The van der Waals surface area contributed by atoms with Crippen LogP contribution in [0.1, 0.15) is 5.56 Å². The Hall–Kier alpha value is -4.50. The molecular weight excluding hydrogens is 498 g/mol. The summed E-state index contributed by atoms with van der Waals surface area (Å²) in [5.74, 6) is 1.51. The number of fused-ring (bicyclic) bond motifs is 3. The van der Waals surface area contributed by atoms with Gasteiger partial charge in [0.1, 0.15) is 11.3 Å². The third-order valence-corrected chi connectivity index (χ3v) is 6.49. The Morgan fingerprint density at radius 2 is 1.81 bits per heavy atom. The van der Waals surface area contributed by atoms with Crippen molar-refractivity contribution in [1.29, 1.82) is 0 Å². The summed E-state index contributed by atoms with van der Waals surface area (Å²) in [5.41, 5.74) is 1.65. The molecule has 0 bridgehead atoms. The molecule has 186 valence electrons. The Morgan fingerprint density at radius 1 is 1.03 bits per heavy atom. The Bertz CT molecular complexity index is 1790. The zero-order valence-electron chi connectivity index (χ0n) is 19.4. The lowest BCUT2D eigenvalue weighted by molar-refractivity contribution is -0.120. The molecule has 10 heteroatoms. The van der Waals surface area contributed by atoms with Gasteiger partial charge in [-0.25, -0.2) is 0 Å². The number of benzene rings is 3. The topological polar surface area (TPSA) is 116 Å². The second-order valence-electron chi connectivity index (χ2n) is 8.58. The summed E-state index contributed by atoms with van der Waals surface area (Å²) in [7, 11) is 0. The maximum Gasteiger partial charge on any atom is 0.316 e. The van der Waals surface area contributed by atoms with Crippen LogP contribution in [0, 0.1) is 0 Å². The van der Waals surface area contributed by atoms with Crippen LogP contribution in [0.2, 0.25) is 5.02 Å². The van der Waals surface area contributed by atoms with Crippen LogP contribution in [0.25, 0.3) is 33.3 Å². The molecule has 3 heterocycles. The number of rotatable bonds is 6. The highest BCUT2D eigenvalue weighted by molar-refractivity contribution is 6.31. The average Bonchev–Trinajstić information content (AvgIpc) is 3.49. The van der Waals surface area contributed by atoms with E-state index in [1.54, 1.807) is 24.3 Å². The predicted octanol–water partition coefficient (Wildman–Crippen LogP) is 3.84. The normalized spacial score (nSPS) is 12.4. The van der Waals surface area contributed by atoms with E-state index in [1.165, 1.54) is 4.57 Å².